The Balaban J connectivity index is 2.57. The van der Waals surface area contributed by atoms with Crippen molar-refractivity contribution in [1.82, 2.24) is 0 Å². The van der Waals surface area contributed by atoms with Crippen LogP contribution in [0.2, 0.25) is 0 Å². The largest absolute Gasteiger partial charge is 0.508 e. The fourth-order valence-corrected chi connectivity index (χ4v) is 1.15. The normalized spacial score (nSPS) is 10.0. The maximum absolute atomic E-state index is 11.3. The van der Waals surface area contributed by atoms with Crippen molar-refractivity contribution in [2.75, 3.05) is 19.0 Å². The summed E-state index contributed by atoms with van der Waals surface area (Å²) in [7, 11) is 1.55. The van der Waals surface area contributed by atoms with E-state index < -0.39 is 0 Å². The van der Waals surface area contributed by atoms with E-state index in [1.54, 1.807) is 32.2 Å². The molecule has 0 atom stereocenters. The van der Waals surface area contributed by atoms with Gasteiger partial charge in [0.25, 0.3) is 0 Å². The number of phenols is 1. The van der Waals surface area contributed by atoms with E-state index in [9.17, 15) is 9.90 Å². The van der Waals surface area contributed by atoms with E-state index in [-0.39, 0.29) is 11.7 Å². The lowest BCUT2D eigenvalue weighted by Crippen LogP contribution is -2.13. The van der Waals surface area contributed by atoms with Crippen LogP contribution in [0.3, 0.4) is 0 Å². The summed E-state index contributed by atoms with van der Waals surface area (Å²) >= 11 is 0. The lowest BCUT2D eigenvalue weighted by atomic mass is 10.2. The van der Waals surface area contributed by atoms with Crippen LogP contribution in [0.1, 0.15) is 12.0 Å². The van der Waals surface area contributed by atoms with Gasteiger partial charge in [-0.25, -0.2) is 0 Å². The van der Waals surface area contributed by atoms with Crippen LogP contribution in [-0.2, 0) is 9.53 Å². The standard InChI is InChI=1S/C11H15NO3/c1-8-7-9(3-4-10(8)13)12-11(14)5-6-15-2/h3-4,7,13H,5-6H2,1-2H3,(H,12,14). The third-order valence-electron chi connectivity index (χ3n) is 2.01. The summed E-state index contributed by atoms with van der Waals surface area (Å²) in [4.78, 5) is 11.3. The fraction of sp³-hybridized carbons (Fsp3) is 0.364. The molecule has 1 aromatic carbocycles. The van der Waals surface area contributed by atoms with Crippen molar-refractivity contribution in [3.8, 4) is 5.75 Å². The molecule has 82 valence electrons. The zero-order valence-corrected chi connectivity index (χ0v) is 8.91. The number of hydrogen-bond acceptors (Lipinski definition) is 3. The molecule has 0 unspecified atom stereocenters. The van der Waals surface area contributed by atoms with E-state index in [1.807, 2.05) is 0 Å². The first-order chi connectivity index (χ1) is 7.13. The third kappa shape index (κ3) is 3.59. The molecular weight excluding hydrogens is 194 g/mol. The van der Waals surface area contributed by atoms with Crippen molar-refractivity contribution in [3.63, 3.8) is 0 Å². The highest BCUT2D eigenvalue weighted by Gasteiger charge is 2.03. The van der Waals surface area contributed by atoms with Crippen LogP contribution in [-0.4, -0.2) is 24.7 Å². The Labute approximate surface area is 88.9 Å². The molecule has 4 heteroatoms. The first-order valence-corrected chi connectivity index (χ1v) is 4.72. The van der Waals surface area contributed by atoms with Gasteiger partial charge in [0.2, 0.25) is 5.91 Å². The van der Waals surface area contributed by atoms with Crippen LogP contribution in [0, 0.1) is 6.92 Å². The predicted octanol–water partition coefficient (Wildman–Crippen LogP) is 1.68. The molecule has 15 heavy (non-hydrogen) atoms. The molecule has 0 radical (unpaired) electrons. The topological polar surface area (TPSA) is 58.6 Å². The Morgan fingerprint density at radius 1 is 1.53 bits per heavy atom. The van der Waals surface area contributed by atoms with Crippen molar-refractivity contribution in [2.45, 2.75) is 13.3 Å². The second-order valence-corrected chi connectivity index (χ2v) is 3.29. The molecule has 0 spiro atoms. The number of benzene rings is 1. The molecule has 0 saturated heterocycles. The molecule has 0 aliphatic rings. The molecular formula is C11H15NO3. The Hall–Kier alpha value is -1.55. The summed E-state index contributed by atoms with van der Waals surface area (Å²) in [5.41, 5.74) is 1.42. The highest BCUT2D eigenvalue weighted by atomic mass is 16.5. The number of aromatic hydroxyl groups is 1. The van der Waals surface area contributed by atoms with Crippen molar-refractivity contribution in [2.24, 2.45) is 0 Å². The van der Waals surface area contributed by atoms with E-state index in [4.69, 9.17) is 4.74 Å². The number of nitrogens with one attached hydrogen (secondary N) is 1. The van der Waals surface area contributed by atoms with Gasteiger partial charge < -0.3 is 15.2 Å². The van der Waals surface area contributed by atoms with Crippen molar-refractivity contribution < 1.29 is 14.6 Å². The molecule has 1 rings (SSSR count). The monoisotopic (exact) mass is 209 g/mol. The van der Waals surface area contributed by atoms with Gasteiger partial charge in [0, 0.05) is 12.8 Å². The SMILES string of the molecule is COCCC(=O)Nc1ccc(O)c(C)c1. The molecule has 2 N–H and O–H groups in total. The van der Waals surface area contributed by atoms with E-state index in [1.165, 1.54) is 0 Å². The summed E-state index contributed by atoms with van der Waals surface area (Å²) < 4.78 is 4.79. The Kier molecular flexibility index (Phi) is 4.12. The van der Waals surface area contributed by atoms with Gasteiger partial charge in [0.15, 0.2) is 0 Å². The predicted molar refractivity (Wildman–Crippen MR) is 58.0 cm³/mol. The van der Waals surface area contributed by atoms with Gasteiger partial charge in [-0.2, -0.15) is 0 Å². The number of phenolic OH excluding ortho intramolecular Hbond substituents is 1. The average molecular weight is 209 g/mol. The minimum Gasteiger partial charge on any atom is -0.508 e. The maximum atomic E-state index is 11.3. The second kappa shape index (κ2) is 5.36. The molecule has 4 nitrogen and oxygen atoms in total. The van der Waals surface area contributed by atoms with Crippen LogP contribution in [0.5, 0.6) is 5.75 Å². The highest BCUT2D eigenvalue weighted by molar-refractivity contribution is 5.90. The Morgan fingerprint density at radius 3 is 2.87 bits per heavy atom. The zero-order chi connectivity index (χ0) is 11.3. The molecule has 0 aromatic heterocycles. The average Bonchev–Trinajstić information content (AvgIpc) is 2.20. The molecule has 0 fully saturated rings. The summed E-state index contributed by atoms with van der Waals surface area (Å²) in [5, 5.41) is 12.0. The Morgan fingerprint density at radius 2 is 2.27 bits per heavy atom. The molecule has 1 amide bonds. The molecule has 0 saturated carbocycles. The second-order valence-electron chi connectivity index (χ2n) is 3.29. The number of hydrogen-bond donors (Lipinski definition) is 2. The van der Waals surface area contributed by atoms with Crippen molar-refractivity contribution in [3.05, 3.63) is 23.8 Å². The van der Waals surface area contributed by atoms with Gasteiger partial charge in [-0.1, -0.05) is 0 Å². The lowest BCUT2D eigenvalue weighted by molar-refractivity contribution is -0.117. The molecule has 0 heterocycles. The van der Waals surface area contributed by atoms with E-state index in [0.29, 0.717) is 18.7 Å². The first-order valence-electron chi connectivity index (χ1n) is 4.72. The number of ether oxygens (including phenoxy) is 1. The van der Waals surface area contributed by atoms with Crippen LogP contribution in [0.15, 0.2) is 18.2 Å². The van der Waals surface area contributed by atoms with Crippen molar-refractivity contribution >= 4 is 11.6 Å². The minimum atomic E-state index is -0.0954. The van der Waals surface area contributed by atoms with Gasteiger partial charge >= 0.3 is 0 Å². The third-order valence-corrected chi connectivity index (χ3v) is 2.01. The van der Waals surface area contributed by atoms with Crippen LogP contribution < -0.4 is 5.32 Å². The fourth-order valence-electron chi connectivity index (χ4n) is 1.15. The summed E-state index contributed by atoms with van der Waals surface area (Å²) in [6.07, 6.45) is 0.330. The van der Waals surface area contributed by atoms with Gasteiger partial charge in [-0.3, -0.25) is 4.79 Å². The maximum Gasteiger partial charge on any atom is 0.226 e. The summed E-state index contributed by atoms with van der Waals surface area (Å²) in [6, 6.07) is 4.94. The number of amides is 1. The lowest BCUT2D eigenvalue weighted by Gasteiger charge is -2.06. The summed E-state index contributed by atoms with van der Waals surface area (Å²) in [6.45, 7) is 2.18. The number of anilines is 1. The van der Waals surface area contributed by atoms with Gasteiger partial charge in [-0.15, -0.1) is 0 Å². The number of carbonyl (C=O) groups excluding carboxylic acids is 1. The number of aryl methyl sites for hydroxylation is 1. The molecule has 1 aromatic rings. The molecule has 0 aliphatic carbocycles. The van der Waals surface area contributed by atoms with Crippen LogP contribution >= 0.6 is 0 Å². The zero-order valence-electron chi connectivity index (χ0n) is 8.91. The molecule has 0 aliphatic heterocycles. The quantitative estimate of drug-likeness (QED) is 0.742. The van der Waals surface area contributed by atoms with E-state index >= 15 is 0 Å². The van der Waals surface area contributed by atoms with Crippen LogP contribution in [0.4, 0.5) is 5.69 Å². The van der Waals surface area contributed by atoms with Gasteiger partial charge in [0.1, 0.15) is 5.75 Å². The van der Waals surface area contributed by atoms with Crippen molar-refractivity contribution in [1.29, 1.82) is 0 Å². The highest BCUT2D eigenvalue weighted by Crippen LogP contribution is 2.20. The summed E-state index contributed by atoms with van der Waals surface area (Å²) in [5.74, 6) is 0.131. The Bertz CT molecular complexity index is 350. The first kappa shape index (κ1) is 11.5. The van der Waals surface area contributed by atoms with E-state index in [2.05, 4.69) is 5.32 Å². The van der Waals surface area contributed by atoms with Crippen LogP contribution in [0.25, 0.3) is 0 Å². The number of methoxy groups -OCH3 is 1. The van der Waals surface area contributed by atoms with Gasteiger partial charge in [0.05, 0.1) is 13.0 Å². The molecule has 0 bridgehead atoms. The van der Waals surface area contributed by atoms with E-state index in [0.717, 1.165) is 5.56 Å². The van der Waals surface area contributed by atoms with Gasteiger partial charge in [-0.05, 0) is 30.7 Å². The smallest absolute Gasteiger partial charge is 0.226 e. The minimum absolute atomic E-state index is 0.0954. The number of carbonyl (C=O) groups is 1. The number of rotatable bonds is 4.